The maximum atomic E-state index is 3.53. The molecule has 1 rings (SSSR count). The van der Waals surface area contributed by atoms with E-state index >= 15 is 0 Å². The normalized spacial score (nSPS) is 12.2. The molecule has 0 amide bonds. The standard InChI is InChI=1S/C15H23N/c1-5-13-9-7-8-10-14(13)15(16-6-2)11-12(3)4/h7-11,15-16H,5-6H2,1-4H3. The van der Waals surface area contributed by atoms with Crippen molar-refractivity contribution < 1.29 is 0 Å². The Kier molecular flexibility index (Phi) is 5.27. The fraction of sp³-hybridized carbons (Fsp3) is 0.467. The molecule has 0 spiro atoms. The van der Waals surface area contributed by atoms with Crippen molar-refractivity contribution in [3.8, 4) is 0 Å². The Morgan fingerprint density at radius 2 is 1.94 bits per heavy atom. The van der Waals surface area contributed by atoms with E-state index < -0.39 is 0 Å². The number of rotatable bonds is 5. The summed E-state index contributed by atoms with van der Waals surface area (Å²) in [7, 11) is 0. The van der Waals surface area contributed by atoms with Crippen LogP contribution >= 0.6 is 0 Å². The van der Waals surface area contributed by atoms with Crippen molar-refractivity contribution in [1.29, 1.82) is 0 Å². The molecular weight excluding hydrogens is 194 g/mol. The molecule has 0 radical (unpaired) electrons. The zero-order chi connectivity index (χ0) is 12.0. The van der Waals surface area contributed by atoms with Crippen molar-refractivity contribution in [3.05, 3.63) is 47.0 Å². The third-order valence-electron chi connectivity index (χ3n) is 2.70. The molecule has 16 heavy (non-hydrogen) atoms. The first kappa shape index (κ1) is 13.0. The smallest absolute Gasteiger partial charge is 0.0511 e. The Morgan fingerprint density at radius 1 is 1.25 bits per heavy atom. The summed E-state index contributed by atoms with van der Waals surface area (Å²) in [4.78, 5) is 0. The average Bonchev–Trinajstić information content (AvgIpc) is 2.28. The number of benzene rings is 1. The lowest BCUT2D eigenvalue weighted by Crippen LogP contribution is -2.20. The maximum Gasteiger partial charge on any atom is 0.0511 e. The van der Waals surface area contributed by atoms with Crippen LogP contribution in [0.1, 0.15) is 44.9 Å². The van der Waals surface area contributed by atoms with Gasteiger partial charge in [-0.3, -0.25) is 0 Å². The van der Waals surface area contributed by atoms with Crippen LogP contribution in [0.3, 0.4) is 0 Å². The van der Waals surface area contributed by atoms with Gasteiger partial charge in [-0.2, -0.15) is 0 Å². The molecule has 1 heteroatoms. The lowest BCUT2D eigenvalue weighted by Gasteiger charge is -2.18. The number of hydrogen-bond donors (Lipinski definition) is 1. The SMILES string of the molecule is CCNC(C=C(C)C)c1ccccc1CC. The van der Waals surface area contributed by atoms with Gasteiger partial charge in [0.15, 0.2) is 0 Å². The highest BCUT2D eigenvalue weighted by atomic mass is 14.9. The Morgan fingerprint density at radius 3 is 2.50 bits per heavy atom. The van der Waals surface area contributed by atoms with E-state index in [-0.39, 0.29) is 0 Å². The maximum absolute atomic E-state index is 3.53. The third kappa shape index (κ3) is 3.49. The highest BCUT2D eigenvalue weighted by Crippen LogP contribution is 2.21. The second-order valence-corrected chi connectivity index (χ2v) is 4.33. The average molecular weight is 217 g/mol. The highest BCUT2D eigenvalue weighted by molar-refractivity contribution is 5.33. The minimum absolute atomic E-state index is 0.353. The summed E-state index contributed by atoms with van der Waals surface area (Å²) in [5, 5.41) is 3.53. The predicted molar refractivity (Wildman–Crippen MR) is 71.7 cm³/mol. The molecule has 1 aromatic rings. The number of likely N-dealkylation sites (N-methyl/N-ethyl adjacent to an activating group) is 1. The molecule has 0 aliphatic carbocycles. The predicted octanol–water partition coefficient (Wildman–Crippen LogP) is 3.87. The van der Waals surface area contributed by atoms with Gasteiger partial charge in [-0.15, -0.1) is 0 Å². The molecule has 0 aliphatic heterocycles. The van der Waals surface area contributed by atoms with E-state index in [1.807, 2.05) is 0 Å². The van der Waals surface area contributed by atoms with Gasteiger partial charge in [-0.05, 0) is 37.9 Å². The molecule has 0 aromatic heterocycles. The van der Waals surface area contributed by atoms with Gasteiger partial charge in [0.25, 0.3) is 0 Å². The zero-order valence-corrected chi connectivity index (χ0v) is 10.9. The van der Waals surface area contributed by atoms with Crippen LogP contribution in [-0.4, -0.2) is 6.54 Å². The van der Waals surface area contributed by atoms with Gasteiger partial charge in [0.2, 0.25) is 0 Å². The quantitative estimate of drug-likeness (QED) is 0.738. The Labute approximate surface area is 99.6 Å². The van der Waals surface area contributed by atoms with E-state index in [9.17, 15) is 0 Å². The van der Waals surface area contributed by atoms with E-state index in [2.05, 4.69) is 63.4 Å². The molecule has 0 aliphatic rings. The molecule has 0 bridgehead atoms. The minimum atomic E-state index is 0.353. The lowest BCUT2D eigenvalue weighted by atomic mass is 9.97. The van der Waals surface area contributed by atoms with Crippen LogP contribution in [0.25, 0.3) is 0 Å². The summed E-state index contributed by atoms with van der Waals surface area (Å²) in [5.41, 5.74) is 4.20. The summed E-state index contributed by atoms with van der Waals surface area (Å²) < 4.78 is 0. The van der Waals surface area contributed by atoms with Crippen molar-refractivity contribution in [1.82, 2.24) is 5.32 Å². The summed E-state index contributed by atoms with van der Waals surface area (Å²) in [6, 6.07) is 9.04. The molecule has 0 heterocycles. The van der Waals surface area contributed by atoms with Crippen molar-refractivity contribution in [3.63, 3.8) is 0 Å². The second-order valence-electron chi connectivity index (χ2n) is 4.33. The second kappa shape index (κ2) is 6.49. The van der Waals surface area contributed by atoms with Crippen LogP contribution in [-0.2, 0) is 6.42 Å². The molecule has 0 saturated carbocycles. The van der Waals surface area contributed by atoms with Gasteiger partial charge < -0.3 is 5.32 Å². The molecular formula is C15H23N. The van der Waals surface area contributed by atoms with Crippen molar-refractivity contribution in [2.24, 2.45) is 0 Å². The van der Waals surface area contributed by atoms with Gasteiger partial charge in [0.1, 0.15) is 0 Å². The molecule has 1 atom stereocenters. The number of aryl methyl sites for hydroxylation is 1. The number of nitrogens with one attached hydrogen (secondary N) is 1. The van der Waals surface area contributed by atoms with Gasteiger partial charge in [-0.1, -0.05) is 49.8 Å². The van der Waals surface area contributed by atoms with Crippen LogP contribution in [0.4, 0.5) is 0 Å². The molecule has 1 nitrogen and oxygen atoms in total. The largest absolute Gasteiger partial charge is 0.307 e. The zero-order valence-electron chi connectivity index (χ0n) is 10.9. The van der Waals surface area contributed by atoms with E-state index in [0.29, 0.717) is 6.04 Å². The van der Waals surface area contributed by atoms with Crippen LogP contribution in [0.2, 0.25) is 0 Å². The van der Waals surface area contributed by atoms with E-state index in [1.54, 1.807) is 0 Å². The number of allylic oxidation sites excluding steroid dienone is 1. The molecule has 0 saturated heterocycles. The summed E-state index contributed by atoms with van der Waals surface area (Å²) >= 11 is 0. The topological polar surface area (TPSA) is 12.0 Å². The fourth-order valence-corrected chi connectivity index (χ4v) is 1.97. The van der Waals surface area contributed by atoms with Crippen LogP contribution in [0, 0.1) is 0 Å². The fourth-order valence-electron chi connectivity index (χ4n) is 1.97. The minimum Gasteiger partial charge on any atom is -0.307 e. The Bertz CT molecular complexity index is 348. The summed E-state index contributed by atoms with van der Waals surface area (Å²) in [6.45, 7) is 9.66. The highest BCUT2D eigenvalue weighted by Gasteiger charge is 2.10. The van der Waals surface area contributed by atoms with Crippen molar-refractivity contribution in [2.75, 3.05) is 6.54 Å². The van der Waals surface area contributed by atoms with E-state index in [4.69, 9.17) is 0 Å². The van der Waals surface area contributed by atoms with Crippen LogP contribution in [0.5, 0.6) is 0 Å². The molecule has 1 aromatic carbocycles. The van der Waals surface area contributed by atoms with Gasteiger partial charge >= 0.3 is 0 Å². The molecule has 88 valence electrons. The molecule has 1 N–H and O–H groups in total. The van der Waals surface area contributed by atoms with Crippen LogP contribution in [0.15, 0.2) is 35.9 Å². The van der Waals surface area contributed by atoms with E-state index in [1.165, 1.54) is 16.7 Å². The summed E-state index contributed by atoms with van der Waals surface area (Å²) in [5.74, 6) is 0. The van der Waals surface area contributed by atoms with Gasteiger partial charge in [0, 0.05) is 0 Å². The van der Waals surface area contributed by atoms with Crippen LogP contribution < -0.4 is 5.32 Å². The first-order valence-corrected chi connectivity index (χ1v) is 6.15. The third-order valence-corrected chi connectivity index (χ3v) is 2.70. The monoisotopic (exact) mass is 217 g/mol. The Balaban J connectivity index is 3.04. The molecule has 0 fully saturated rings. The van der Waals surface area contributed by atoms with Gasteiger partial charge in [0.05, 0.1) is 6.04 Å². The van der Waals surface area contributed by atoms with Gasteiger partial charge in [-0.25, -0.2) is 0 Å². The number of hydrogen-bond acceptors (Lipinski definition) is 1. The first-order chi connectivity index (χ1) is 7.69. The lowest BCUT2D eigenvalue weighted by molar-refractivity contribution is 0.639. The Hall–Kier alpha value is -1.08. The van der Waals surface area contributed by atoms with Crippen molar-refractivity contribution in [2.45, 2.75) is 40.2 Å². The van der Waals surface area contributed by atoms with Crippen molar-refractivity contribution >= 4 is 0 Å². The van der Waals surface area contributed by atoms with E-state index in [0.717, 1.165) is 13.0 Å². The first-order valence-electron chi connectivity index (χ1n) is 6.15. The summed E-state index contributed by atoms with van der Waals surface area (Å²) in [6.07, 6.45) is 3.40. The molecule has 1 unspecified atom stereocenters.